The molecular formula is C24H45O6Sb. The number of aliphatic carboxylic acids is 3. The second kappa shape index (κ2) is 27.3. The van der Waals surface area contributed by atoms with E-state index in [1.165, 1.54) is 0 Å². The Hall–Kier alpha value is -0.772. The van der Waals surface area contributed by atoms with Crippen LogP contribution in [0.4, 0.5) is 0 Å². The summed E-state index contributed by atoms with van der Waals surface area (Å²) in [4.78, 5) is 31.0. The van der Waals surface area contributed by atoms with Crippen molar-refractivity contribution in [3.63, 3.8) is 0 Å². The molecule has 0 aromatic heterocycles. The number of rotatable bonds is 15. The van der Waals surface area contributed by atoms with Crippen molar-refractivity contribution in [3.05, 3.63) is 0 Å². The molecule has 0 aliphatic heterocycles. The van der Waals surface area contributed by atoms with E-state index in [1.54, 1.807) is 0 Å². The molecule has 0 spiro atoms. The van der Waals surface area contributed by atoms with Crippen LogP contribution in [0.1, 0.15) is 119 Å². The normalized spacial score (nSPS) is 12.6. The van der Waals surface area contributed by atoms with Crippen LogP contribution in [0.15, 0.2) is 0 Å². The Morgan fingerprint density at radius 3 is 0.806 bits per heavy atom. The van der Waals surface area contributed by atoms with E-state index in [1.807, 2.05) is 20.8 Å². The van der Waals surface area contributed by atoms with E-state index in [0.717, 1.165) is 57.8 Å². The van der Waals surface area contributed by atoms with Gasteiger partial charge in [-0.05, 0) is 56.3 Å². The van der Waals surface area contributed by atoms with Gasteiger partial charge in [-0.15, -0.1) is 0 Å². The first-order valence-electron chi connectivity index (χ1n) is 11.8. The van der Waals surface area contributed by atoms with Gasteiger partial charge >= 0.3 is 24.4 Å². The number of unbranched alkanes of at least 4 members (excludes halogenated alkanes) is 3. The molecule has 0 N–H and O–H groups in total. The zero-order chi connectivity index (χ0) is 23.9. The van der Waals surface area contributed by atoms with E-state index in [0.29, 0.717) is 19.3 Å². The maximum atomic E-state index is 10.3. The van der Waals surface area contributed by atoms with Crippen molar-refractivity contribution in [2.45, 2.75) is 119 Å². The van der Waals surface area contributed by atoms with Crippen molar-refractivity contribution in [2.75, 3.05) is 0 Å². The SMILES string of the molecule is CCCCC(CC)C(=O)[O-].CCCCC(CC)C(=O)[O-].CCCCC(CC)C(=O)[O-].[Sb+3]. The van der Waals surface area contributed by atoms with Crippen LogP contribution in [0.25, 0.3) is 0 Å². The molecule has 0 aromatic carbocycles. The van der Waals surface area contributed by atoms with Gasteiger partial charge in [0.25, 0.3) is 0 Å². The largest absolute Gasteiger partial charge is 3.00 e. The van der Waals surface area contributed by atoms with Crippen LogP contribution in [0.5, 0.6) is 0 Å². The third-order valence-corrected chi connectivity index (χ3v) is 5.20. The van der Waals surface area contributed by atoms with Gasteiger partial charge < -0.3 is 29.7 Å². The fourth-order valence-electron chi connectivity index (χ4n) is 2.82. The molecule has 0 bridgehead atoms. The Morgan fingerprint density at radius 2 is 0.710 bits per heavy atom. The number of carbonyl (C=O) groups is 3. The van der Waals surface area contributed by atoms with Crippen molar-refractivity contribution >= 4 is 42.3 Å². The molecule has 6 nitrogen and oxygen atoms in total. The van der Waals surface area contributed by atoms with Gasteiger partial charge in [-0.25, -0.2) is 0 Å². The van der Waals surface area contributed by atoms with Gasteiger partial charge in [0.2, 0.25) is 0 Å². The Bertz CT molecular complexity index is 366. The van der Waals surface area contributed by atoms with Gasteiger partial charge in [-0.1, -0.05) is 80.1 Å². The van der Waals surface area contributed by atoms with Gasteiger partial charge in [-0.3, -0.25) is 0 Å². The van der Waals surface area contributed by atoms with Crippen molar-refractivity contribution in [2.24, 2.45) is 17.8 Å². The summed E-state index contributed by atoms with van der Waals surface area (Å²) in [5, 5.41) is 31.0. The zero-order valence-electron chi connectivity index (χ0n) is 20.6. The molecule has 7 heteroatoms. The minimum absolute atomic E-state index is 0. The summed E-state index contributed by atoms with van der Waals surface area (Å²) in [7, 11) is 0. The Balaban J connectivity index is -0.000000174. The predicted molar refractivity (Wildman–Crippen MR) is 121 cm³/mol. The third-order valence-electron chi connectivity index (χ3n) is 5.20. The summed E-state index contributed by atoms with van der Waals surface area (Å²) in [5.41, 5.74) is 0. The van der Waals surface area contributed by atoms with E-state index in [9.17, 15) is 29.7 Å². The van der Waals surface area contributed by atoms with Crippen LogP contribution in [-0.2, 0) is 14.4 Å². The van der Waals surface area contributed by atoms with Gasteiger partial charge in [0.1, 0.15) is 0 Å². The smallest absolute Gasteiger partial charge is 0.550 e. The van der Waals surface area contributed by atoms with Crippen LogP contribution in [0, 0.1) is 17.8 Å². The summed E-state index contributed by atoms with van der Waals surface area (Å²) in [6.45, 7) is 11.8. The number of carboxylic acids is 3. The first kappa shape index (κ1) is 37.5. The Labute approximate surface area is 208 Å². The molecule has 0 fully saturated rings. The first-order chi connectivity index (χ1) is 14.2. The van der Waals surface area contributed by atoms with E-state index < -0.39 is 17.9 Å². The minimum atomic E-state index is -0.893. The molecule has 0 aliphatic rings. The fraction of sp³-hybridized carbons (Fsp3) is 0.875. The average Bonchev–Trinajstić information content (AvgIpc) is 2.70. The van der Waals surface area contributed by atoms with Gasteiger partial charge in [0, 0.05) is 17.9 Å². The number of carbonyl (C=O) groups excluding carboxylic acids is 3. The summed E-state index contributed by atoms with van der Waals surface area (Å²) in [6, 6.07) is 0. The molecule has 31 heavy (non-hydrogen) atoms. The molecular weight excluding hydrogens is 506 g/mol. The van der Waals surface area contributed by atoms with Crippen LogP contribution in [0.3, 0.4) is 0 Å². The Morgan fingerprint density at radius 1 is 0.516 bits per heavy atom. The first-order valence-corrected chi connectivity index (χ1v) is 11.8. The van der Waals surface area contributed by atoms with E-state index in [-0.39, 0.29) is 42.2 Å². The van der Waals surface area contributed by atoms with Gasteiger partial charge in [-0.2, -0.15) is 0 Å². The topological polar surface area (TPSA) is 120 Å². The summed E-state index contributed by atoms with van der Waals surface area (Å²) < 4.78 is 0. The molecule has 0 amide bonds. The van der Waals surface area contributed by atoms with Crippen LogP contribution in [0.2, 0.25) is 0 Å². The zero-order valence-corrected chi connectivity index (χ0v) is 23.2. The maximum absolute atomic E-state index is 10.3. The fourth-order valence-corrected chi connectivity index (χ4v) is 2.82. The van der Waals surface area contributed by atoms with Crippen molar-refractivity contribution in [1.82, 2.24) is 0 Å². The molecule has 182 valence electrons. The number of carboxylic acid groups (broad SMARTS) is 3. The quantitative estimate of drug-likeness (QED) is 0.289. The summed E-state index contributed by atoms with van der Waals surface area (Å²) >= 11 is 0. The van der Waals surface area contributed by atoms with Crippen LogP contribution < -0.4 is 15.3 Å². The average molecular weight is 551 g/mol. The molecule has 2 radical (unpaired) electrons. The van der Waals surface area contributed by atoms with Gasteiger partial charge in [0.15, 0.2) is 0 Å². The number of hydrogen-bond donors (Lipinski definition) is 0. The molecule has 0 saturated heterocycles. The second-order valence-corrected chi connectivity index (χ2v) is 7.70. The van der Waals surface area contributed by atoms with Crippen molar-refractivity contribution < 1.29 is 29.7 Å². The minimum Gasteiger partial charge on any atom is -0.550 e. The van der Waals surface area contributed by atoms with E-state index in [4.69, 9.17) is 0 Å². The Kier molecular flexibility index (Phi) is 33.0. The molecule has 0 saturated carbocycles. The number of hydrogen-bond acceptors (Lipinski definition) is 6. The van der Waals surface area contributed by atoms with Gasteiger partial charge in [0.05, 0.1) is 0 Å². The van der Waals surface area contributed by atoms with Crippen molar-refractivity contribution in [3.8, 4) is 0 Å². The van der Waals surface area contributed by atoms with Crippen LogP contribution in [-0.4, -0.2) is 42.3 Å². The third kappa shape index (κ3) is 25.4. The molecule has 0 aliphatic carbocycles. The molecule has 0 rings (SSSR count). The van der Waals surface area contributed by atoms with E-state index >= 15 is 0 Å². The molecule has 3 atom stereocenters. The summed E-state index contributed by atoms with van der Waals surface area (Å²) in [5.74, 6) is -3.34. The molecule has 3 unspecified atom stereocenters. The monoisotopic (exact) mass is 550 g/mol. The van der Waals surface area contributed by atoms with Crippen molar-refractivity contribution in [1.29, 1.82) is 0 Å². The summed E-state index contributed by atoms with van der Waals surface area (Å²) in [6.07, 6.45) is 10.6. The maximum Gasteiger partial charge on any atom is 3.00 e. The standard InChI is InChI=1S/3C8H16O2.Sb/c3*1-3-5-6-7(4-2)8(9)10;/h3*7H,3-6H2,1-2H3,(H,9,10);/q;;;+3/p-3. The molecule has 0 heterocycles. The molecule has 0 aromatic rings. The predicted octanol–water partition coefficient (Wildman–Crippen LogP) is 2.48. The van der Waals surface area contributed by atoms with E-state index in [2.05, 4.69) is 20.8 Å². The second-order valence-electron chi connectivity index (χ2n) is 7.70. The van der Waals surface area contributed by atoms with Crippen LogP contribution >= 0.6 is 0 Å².